The van der Waals surface area contributed by atoms with Gasteiger partial charge in [-0.2, -0.15) is 0 Å². The average molecular weight is 628 g/mol. The molecule has 240 valence electrons. The summed E-state index contributed by atoms with van der Waals surface area (Å²) in [4.78, 5) is 14.1. The number of rotatable bonds is 14. The van der Waals surface area contributed by atoms with Crippen LogP contribution in [0.5, 0.6) is 5.75 Å². The van der Waals surface area contributed by atoms with E-state index >= 15 is 0 Å². The second-order valence-corrected chi connectivity index (χ2v) is 13.9. The van der Waals surface area contributed by atoms with E-state index in [0.717, 1.165) is 30.4 Å². The molecule has 2 aliphatic rings. The summed E-state index contributed by atoms with van der Waals surface area (Å²) in [6, 6.07) is 9.98. The van der Waals surface area contributed by atoms with E-state index in [0.29, 0.717) is 60.8 Å². The Kier molecular flexibility index (Phi) is 11.5. The third-order valence-corrected chi connectivity index (χ3v) is 10.5. The van der Waals surface area contributed by atoms with Crippen LogP contribution in [0.15, 0.2) is 60.0 Å². The smallest absolute Gasteiger partial charge is 0.218 e. The molecule has 44 heavy (non-hydrogen) atoms. The van der Waals surface area contributed by atoms with Crippen molar-refractivity contribution in [2.45, 2.75) is 71.2 Å². The van der Waals surface area contributed by atoms with Crippen molar-refractivity contribution in [3.63, 3.8) is 0 Å². The summed E-state index contributed by atoms with van der Waals surface area (Å²) < 4.78 is 53.7. The van der Waals surface area contributed by atoms with Crippen molar-refractivity contribution < 1.29 is 27.1 Å². The van der Waals surface area contributed by atoms with E-state index in [2.05, 4.69) is 12.2 Å². The highest BCUT2D eigenvalue weighted by atomic mass is 32.2. The summed E-state index contributed by atoms with van der Waals surface area (Å²) in [5, 5.41) is 3.33. The van der Waals surface area contributed by atoms with E-state index in [9.17, 15) is 17.6 Å². The Morgan fingerprint density at radius 3 is 2.57 bits per heavy atom. The van der Waals surface area contributed by atoms with Gasteiger partial charge in [0.05, 0.1) is 30.4 Å². The summed E-state index contributed by atoms with van der Waals surface area (Å²) >= 11 is 0. The fourth-order valence-corrected chi connectivity index (χ4v) is 7.31. The minimum absolute atomic E-state index is 0.00943. The molecule has 0 bridgehead atoms. The molecular formula is C34H46FN3O5S. The van der Waals surface area contributed by atoms with Crippen LogP contribution in [-0.2, 0) is 31.7 Å². The van der Waals surface area contributed by atoms with Crippen LogP contribution in [0.1, 0.15) is 62.6 Å². The number of Topliss-reactive ketones (excluding diaryl/α,β-unsaturated/α-hetero) is 1. The number of nitrogen functional groups attached to an aromatic ring is 1. The lowest BCUT2D eigenvalue weighted by molar-refractivity contribution is -0.126. The van der Waals surface area contributed by atoms with Crippen LogP contribution < -0.4 is 15.8 Å². The number of sulfonamides is 1. The van der Waals surface area contributed by atoms with Gasteiger partial charge in [-0.05, 0) is 98.4 Å². The minimum atomic E-state index is -3.64. The van der Waals surface area contributed by atoms with Crippen LogP contribution in [0.3, 0.4) is 0 Å². The molecule has 3 N–H and O–H groups in total. The molecule has 2 aromatic rings. The molecule has 0 amide bonds. The van der Waals surface area contributed by atoms with Crippen LogP contribution in [0.2, 0.25) is 0 Å². The summed E-state index contributed by atoms with van der Waals surface area (Å²) in [6.45, 7) is 6.55. The Labute approximate surface area is 261 Å². The van der Waals surface area contributed by atoms with Crippen molar-refractivity contribution in [2.24, 2.45) is 11.8 Å². The quantitative estimate of drug-likeness (QED) is 0.260. The van der Waals surface area contributed by atoms with Gasteiger partial charge in [0.15, 0.2) is 5.76 Å². The first-order valence-corrected chi connectivity index (χ1v) is 17.1. The number of likely N-dealkylation sites (N-methyl/N-ethyl adjacent to an activating group) is 1. The molecule has 2 aliphatic carbocycles. The highest BCUT2D eigenvalue weighted by Gasteiger charge is 2.34. The Bertz CT molecular complexity index is 1470. The SMILES string of the molecule is CCN(CCNC1=C(\OC2CCC2)C(=O)C(CCc2cc(C)cc(F)c2)C(C)C\C=C\1)S(=O)(=O)Cc1ccc(N)c(OC)c1. The molecule has 1 fully saturated rings. The van der Waals surface area contributed by atoms with Gasteiger partial charge in [-0.1, -0.05) is 32.1 Å². The number of halogens is 1. The molecule has 4 rings (SSSR count). The first-order chi connectivity index (χ1) is 21.0. The molecule has 2 atom stereocenters. The van der Waals surface area contributed by atoms with Gasteiger partial charge in [-0.25, -0.2) is 17.1 Å². The maximum atomic E-state index is 14.1. The number of aryl methyl sites for hydroxylation is 2. The molecule has 0 saturated heterocycles. The monoisotopic (exact) mass is 627 g/mol. The number of nitrogens with zero attached hydrogens (tertiary/aromatic N) is 1. The average Bonchev–Trinajstić information content (AvgIpc) is 2.93. The lowest BCUT2D eigenvalue weighted by atomic mass is 9.81. The van der Waals surface area contributed by atoms with Crippen molar-refractivity contribution in [1.82, 2.24) is 9.62 Å². The van der Waals surface area contributed by atoms with Crippen LogP contribution >= 0.6 is 0 Å². The number of nitrogens with two attached hydrogens (primary N) is 1. The van der Waals surface area contributed by atoms with Gasteiger partial charge in [-0.15, -0.1) is 0 Å². The predicted octanol–water partition coefficient (Wildman–Crippen LogP) is 5.66. The Morgan fingerprint density at radius 2 is 1.91 bits per heavy atom. The number of ketones is 1. The standard InChI is InChI=1S/C34H46FN3O5S/c1-5-38(44(40,41)22-26-13-15-30(36)32(21-26)42-4)17-16-37-31-11-6-8-24(3)29(33(39)34(31)43-28-9-7-10-28)14-12-25-18-23(2)19-27(35)20-25/h6,11,13,15,18-21,24,28-29,37H,5,7-10,12,14,16-17,22,36H2,1-4H3/b11-6+,34-31-. The number of carbonyl (C=O) groups excluding carboxylic acids is 1. The number of benzene rings is 2. The van der Waals surface area contributed by atoms with E-state index < -0.39 is 10.0 Å². The van der Waals surface area contributed by atoms with Crippen molar-refractivity contribution in [1.29, 1.82) is 0 Å². The summed E-state index contributed by atoms with van der Waals surface area (Å²) in [5.41, 5.74) is 9.24. The molecule has 0 aliphatic heterocycles. The topological polar surface area (TPSA) is 111 Å². The van der Waals surface area contributed by atoms with Crippen molar-refractivity contribution >= 4 is 21.5 Å². The molecule has 0 aromatic heterocycles. The number of nitrogens with one attached hydrogen (secondary N) is 1. The first-order valence-electron chi connectivity index (χ1n) is 15.5. The predicted molar refractivity (Wildman–Crippen MR) is 172 cm³/mol. The molecule has 8 nitrogen and oxygen atoms in total. The van der Waals surface area contributed by atoms with Crippen LogP contribution in [0, 0.1) is 24.6 Å². The molecule has 1 saturated carbocycles. The van der Waals surface area contributed by atoms with Crippen molar-refractivity contribution in [2.75, 3.05) is 32.5 Å². The van der Waals surface area contributed by atoms with Gasteiger partial charge in [0.2, 0.25) is 15.8 Å². The molecular weight excluding hydrogens is 581 g/mol. The van der Waals surface area contributed by atoms with Gasteiger partial charge in [-0.3, -0.25) is 4.79 Å². The Balaban J connectivity index is 1.49. The van der Waals surface area contributed by atoms with Crippen LogP contribution in [0.4, 0.5) is 10.1 Å². The second kappa shape index (κ2) is 15.1. The molecule has 2 aromatic carbocycles. The lowest BCUT2D eigenvalue weighted by Crippen LogP contribution is -2.38. The van der Waals surface area contributed by atoms with Crippen LogP contribution in [0.25, 0.3) is 0 Å². The summed E-state index contributed by atoms with van der Waals surface area (Å²) in [7, 11) is -2.14. The minimum Gasteiger partial charge on any atom is -0.495 e. The van der Waals surface area contributed by atoms with Gasteiger partial charge < -0.3 is 20.5 Å². The number of hydrogen-bond donors (Lipinski definition) is 2. The normalized spacial score (nSPS) is 21.8. The van der Waals surface area contributed by atoms with E-state index in [1.165, 1.54) is 23.5 Å². The second-order valence-electron chi connectivity index (χ2n) is 11.9. The Morgan fingerprint density at radius 1 is 1.14 bits per heavy atom. The lowest BCUT2D eigenvalue weighted by Gasteiger charge is -2.32. The van der Waals surface area contributed by atoms with Gasteiger partial charge >= 0.3 is 0 Å². The van der Waals surface area contributed by atoms with E-state index in [4.69, 9.17) is 15.2 Å². The van der Waals surface area contributed by atoms with Gasteiger partial charge in [0.1, 0.15) is 11.6 Å². The fraction of sp³-hybridized carbons (Fsp3) is 0.500. The van der Waals surface area contributed by atoms with E-state index in [-0.39, 0.29) is 41.8 Å². The molecule has 2 unspecified atom stereocenters. The third kappa shape index (κ3) is 8.63. The molecule has 0 radical (unpaired) electrons. The maximum absolute atomic E-state index is 14.1. The maximum Gasteiger partial charge on any atom is 0.218 e. The highest BCUT2D eigenvalue weighted by Crippen LogP contribution is 2.33. The van der Waals surface area contributed by atoms with E-state index in [1.807, 2.05) is 25.1 Å². The number of allylic oxidation sites excluding steroid dienone is 3. The van der Waals surface area contributed by atoms with E-state index in [1.54, 1.807) is 25.1 Å². The fourth-order valence-electron chi connectivity index (χ4n) is 5.77. The highest BCUT2D eigenvalue weighted by molar-refractivity contribution is 7.88. The van der Waals surface area contributed by atoms with Gasteiger partial charge in [0.25, 0.3) is 0 Å². The first kappa shape index (κ1) is 33.5. The number of ether oxygens (including phenoxy) is 2. The number of anilines is 1. The van der Waals surface area contributed by atoms with Crippen molar-refractivity contribution in [3.8, 4) is 5.75 Å². The zero-order valence-corrected chi connectivity index (χ0v) is 27.1. The number of methoxy groups -OCH3 is 1. The largest absolute Gasteiger partial charge is 0.495 e. The molecule has 0 spiro atoms. The zero-order chi connectivity index (χ0) is 31.9. The van der Waals surface area contributed by atoms with Crippen molar-refractivity contribution in [3.05, 3.63) is 82.5 Å². The zero-order valence-electron chi connectivity index (χ0n) is 26.3. The summed E-state index contributed by atoms with van der Waals surface area (Å²) in [6.07, 6.45) is 8.66. The number of hydrogen-bond acceptors (Lipinski definition) is 7. The molecule has 10 heteroatoms. The van der Waals surface area contributed by atoms with Gasteiger partial charge in [0, 0.05) is 25.6 Å². The number of carbonyl (C=O) groups is 1. The Hall–Kier alpha value is -3.37. The summed E-state index contributed by atoms with van der Waals surface area (Å²) in [5.74, 6) is 0.0466. The molecule has 0 heterocycles. The third-order valence-electron chi connectivity index (χ3n) is 8.54. The van der Waals surface area contributed by atoms with Crippen LogP contribution in [-0.4, -0.2) is 51.4 Å².